The number of methoxy groups -OCH3 is 1. The molecule has 1 fully saturated rings. The summed E-state index contributed by atoms with van der Waals surface area (Å²) in [6, 6.07) is 2.89. The lowest BCUT2D eigenvalue weighted by molar-refractivity contribution is 0.0227. The van der Waals surface area contributed by atoms with Crippen LogP contribution in [0.4, 0.5) is 4.39 Å². The van der Waals surface area contributed by atoms with Gasteiger partial charge in [-0.05, 0) is 31.4 Å². The predicted molar refractivity (Wildman–Crippen MR) is 53.3 cm³/mol. The summed E-state index contributed by atoms with van der Waals surface area (Å²) in [7, 11) is 1.69. The predicted octanol–water partition coefficient (Wildman–Crippen LogP) is 2.17. The van der Waals surface area contributed by atoms with E-state index in [1.807, 2.05) is 0 Å². The Morgan fingerprint density at radius 1 is 1.33 bits per heavy atom. The van der Waals surface area contributed by atoms with Crippen molar-refractivity contribution in [2.24, 2.45) is 0 Å². The maximum atomic E-state index is 12.6. The quantitative estimate of drug-likeness (QED) is 0.718. The molecule has 0 radical (unpaired) electrons. The number of ether oxygens (including phenoxy) is 2. The Bertz CT molecular complexity index is 315. The molecule has 1 aliphatic rings. The Balaban J connectivity index is 1.99. The minimum absolute atomic E-state index is 0.0715. The standard InChI is InChI=1S/C11H14FNO2/c1-14-9-3-2-4-10(9)15-8-5-6-11(12)13-7-8/h5-7,9-10H,2-4H2,1H3. The molecule has 0 aromatic carbocycles. The maximum absolute atomic E-state index is 12.6. The van der Waals surface area contributed by atoms with E-state index in [-0.39, 0.29) is 12.2 Å². The molecule has 4 heteroatoms. The van der Waals surface area contributed by atoms with Gasteiger partial charge < -0.3 is 9.47 Å². The second-order valence-electron chi connectivity index (χ2n) is 3.68. The third kappa shape index (κ3) is 2.45. The van der Waals surface area contributed by atoms with E-state index < -0.39 is 5.95 Å². The van der Waals surface area contributed by atoms with Crippen LogP contribution in [0, 0.1) is 5.95 Å². The van der Waals surface area contributed by atoms with Crippen LogP contribution in [0.3, 0.4) is 0 Å². The maximum Gasteiger partial charge on any atom is 0.213 e. The van der Waals surface area contributed by atoms with Crippen molar-refractivity contribution in [1.82, 2.24) is 4.98 Å². The molecule has 0 N–H and O–H groups in total. The highest BCUT2D eigenvalue weighted by Crippen LogP contribution is 2.26. The van der Waals surface area contributed by atoms with Crippen molar-refractivity contribution in [3.05, 3.63) is 24.3 Å². The second kappa shape index (κ2) is 4.57. The third-order valence-electron chi connectivity index (χ3n) is 2.68. The fourth-order valence-electron chi connectivity index (χ4n) is 1.90. The van der Waals surface area contributed by atoms with E-state index in [4.69, 9.17) is 9.47 Å². The number of hydrogen-bond acceptors (Lipinski definition) is 3. The molecule has 1 aromatic heterocycles. The SMILES string of the molecule is COC1CCCC1Oc1ccc(F)nc1. The first-order valence-electron chi connectivity index (χ1n) is 5.10. The van der Waals surface area contributed by atoms with E-state index >= 15 is 0 Å². The van der Waals surface area contributed by atoms with E-state index in [0.29, 0.717) is 5.75 Å². The van der Waals surface area contributed by atoms with Crippen molar-refractivity contribution >= 4 is 0 Å². The summed E-state index contributed by atoms with van der Waals surface area (Å²) in [5.41, 5.74) is 0. The molecule has 1 saturated carbocycles. The lowest BCUT2D eigenvalue weighted by Crippen LogP contribution is -2.27. The zero-order valence-electron chi connectivity index (χ0n) is 8.65. The lowest BCUT2D eigenvalue weighted by atomic mass is 10.2. The van der Waals surface area contributed by atoms with Crippen LogP contribution < -0.4 is 4.74 Å². The van der Waals surface area contributed by atoms with Crippen molar-refractivity contribution in [2.45, 2.75) is 31.5 Å². The van der Waals surface area contributed by atoms with E-state index in [1.54, 1.807) is 13.2 Å². The van der Waals surface area contributed by atoms with Gasteiger partial charge in [-0.3, -0.25) is 0 Å². The summed E-state index contributed by atoms with van der Waals surface area (Å²) in [4.78, 5) is 3.54. The molecular formula is C11H14FNO2. The molecule has 0 aliphatic heterocycles. The fraction of sp³-hybridized carbons (Fsp3) is 0.545. The largest absolute Gasteiger partial charge is 0.486 e. The van der Waals surface area contributed by atoms with Crippen molar-refractivity contribution in [1.29, 1.82) is 0 Å². The van der Waals surface area contributed by atoms with Gasteiger partial charge in [-0.1, -0.05) is 0 Å². The smallest absolute Gasteiger partial charge is 0.213 e. The number of nitrogens with zero attached hydrogens (tertiary/aromatic N) is 1. The molecule has 0 spiro atoms. The summed E-state index contributed by atoms with van der Waals surface area (Å²) in [5, 5.41) is 0. The minimum atomic E-state index is -0.489. The molecule has 82 valence electrons. The van der Waals surface area contributed by atoms with Crippen LogP contribution in [-0.4, -0.2) is 24.3 Å². The zero-order valence-corrected chi connectivity index (χ0v) is 8.65. The van der Waals surface area contributed by atoms with Gasteiger partial charge >= 0.3 is 0 Å². The first-order valence-corrected chi connectivity index (χ1v) is 5.10. The minimum Gasteiger partial charge on any atom is -0.486 e. The fourth-order valence-corrected chi connectivity index (χ4v) is 1.90. The van der Waals surface area contributed by atoms with Crippen LogP contribution in [0.2, 0.25) is 0 Å². The highest BCUT2D eigenvalue weighted by molar-refractivity contribution is 5.17. The summed E-state index contributed by atoms with van der Waals surface area (Å²) in [6.45, 7) is 0. The normalized spacial score (nSPS) is 25.5. The van der Waals surface area contributed by atoms with Crippen molar-refractivity contribution in [2.75, 3.05) is 7.11 Å². The number of pyridine rings is 1. The number of halogens is 1. The Morgan fingerprint density at radius 3 is 2.80 bits per heavy atom. The van der Waals surface area contributed by atoms with Crippen LogP contribution in [0.15, 0.2) is 18.3 Å². The van der Waals surface area contributed by atoms with E-state index in [1.165, 1.54) is 12.3 Å². The second-order valence-corrected chi connectivity index (χ2v) is 3.68. The summed E-state index contributed by atoms with van der Waals surface area (Å²) in [6.07, 6.45) is 4.74. The van der Waals surface area contributed by atoms with Gasteiger partial charge in [-0.15, -0.1) is 0 Å². The molecule has 2 unspecified atom stereocenters. The van der Waals surface area contributed by atoms with Gasteiger partial charge in [0.25, 0.3) is 0 Å². The first kappa shape index (κ1) is 10.4. The average molecular weight is 211 g/mol. The molecule has 1 aromatic rings. The molecule has 1 heterocycles. The van der Waals surface area contributed by atoms with Gasteiger partial charge in [-0.25, -0.2) is 4.98 Å². The van der Waals surface area contributed by atoms with Gasteiger partial charge in [0.1, 0.15) is 11.9 Å². The highest BCUT2D eigenvalue weighted by Gasteiger charge is 2.28. The van der Waals surface area contributed by atoms with Crippen molar-refractivity contribution < 1.29 is 13.9 Å². The number of rotatable bonds is 3. The van der Waals surface area contributed by atoms with E-state index in [2.05, 4.69) is 4.98 Å². The van der Waals surface area contributed by atoms with Crippen molar-refractivity contribution in [3.8, 4) is 5.75 Å². The third-order valence-corrected chi connectivity index (χ3v) is 2.68. The number of hydrogen-bond donors (Lipinski definition) is 0. The molecular weight excluding hydrogens is 197 g/mol. The van der Waals surface area contributed by atoms with Gasteiger partial charge in [0.15, 0.2) is 0 Å². The Hall–Kier alpha value is -1.16. The molecule has 15 heavy (non-hydrogen) atoms. The van der Waals surface area contributed by atoms with Gasteiger partial charge in [0.05, 0.1) is 12.3 Å². The van der Waals surface area contributed by atoms with E-state index in [0.717, 1.165) is 19.3 Å². The van der Waals surface area contributed by atoms with Crippen LogP contribution in [-0.2, 0) is 4.74 Å². The molecule has 3 nitrogen and oxygen atoms in total. The Kier molecular flexibility index (Phi) is 3.16. The Morgan fingerprint density at radius 2 is 2.13 bits per heavy atom. The molecule has 0 saturated heterocycles. The first-order chi connectivity index (χ1) is 7.29. The molecule has 0 bridgehead atoms. The summed E-state index contributed by atoms with van der Waals surface area (Å²) in [5.74, 6) is 0.113. The van der Waals surface area contributed by atoms with Gasteiger partial charge in [0, 0.05) is 7.11 Å². The number of aromatic nitrogens is 1. The topological polar surface area (TPSA) is 31.4 Å². The molecule has 2 rings (SSSR count). The molecule has 2 atom stereocenters. The van der Waals surface area contributed by atoms with E-state index in [9.17, 15) is 4.39 Å². The highest BCUT2D eigenvalue weighted by atomic mass is 19.1. The zero-order chi connectivity index (χ0) is 10.7. The molecule has 1 aliphatic carbocycles. The lowest BCUT2D eigenvalue weighted by Gasteiger charge is -2.19. The molecule has 0 amide bonds. The monoisotopic (exact) mass is 211 g/mol. The van der Waals surface area contributed by atoms with Crippen molar-refractivity contribution in [3.63, 3.8) is 0 Å². The van der Waals surface area contributed by atoms with Crippen LogP contribution in [0.5, 0.6) is 5.75 Å². The van der Waals surface area contributed by atoms with Crippen LogP contribution in [0.25, 0.3) is 0 Å². The summed E-state index contributed by atoms with van der Waals surface area (Å²) >= 11 is 0. The van der Waals surface area contributed by atoms with Gasteiger partial charge in [-0.2, -0.15) is 4.39 Å². The van der Waals surface area contributed by atoms with Gasteiger partial charge in [0.2, 0.25) is 5.95 Å². The summed E-state index contributed by atoms with van der Waals surface area (Å²) < 4.78 is 23.5. The van der Waals surface area contributed by atoms with Crippen LogP contribution in [0.1, 0.15) is 19.3 Å². The Labute approximate surface area is 88.2 Å². The average Bonchev–Trinajstić information content (AvgIpc) is 2.69. The van der Waals surface area contributed by atoms with Crippen LogP contribution >= 0.6 is 0 Å².